The average Bonchev–Trinajstić information content (AvgIpc) is 3.43. The zero-order valence-electron chi connectivity index (χ0n) is 16.0. The first-order valence-corrected chi connectivity index (χ1v) is 9.52. The fourth-order valence-corrected chi connectivity index (χ4v) is 3.47. The van der Waals surface area contributed by atoms with E-state index in [0.717, 1.165) is 18.4 Å². The van der Waals surface area contributed by atoms with Crippen LogP contribution in [0.25, 0.3) is 0 Å². The lowest BCUT2D eigenvalue weighted by atomic mass is 9.79. The highest BCUT2D eigenvalue weighted by Gasteiger charge is 2.45. The molecular formula is C20H24FN3O4. The number of nitrogens with one attached hydrogen (secondary N) is 1. The molecule has 1 amide bonds. The lowest BCUT2D eigenvalue weighted by molar-refractivity contribution is -0.122. The smallest absolute Gasteiger partial charge is 0.252 e. The number of benzene rings is 1. The van der Waals surface area contributed by atoms with Gasteiger partial charge in [0.05, 0.1) is 13.2 Å². The summed E-state index contributed by atoms with van der Waals surface area (Å²) >= 11 is 0. The Morgan fingerprint density at radius 2 is 2.21 bits per heavy atom. The number of aromatic nitrogens is 2. The molecule has 0 bridgehead atoms. The Kier molecular flexibility index (Phi) is 5.05. The Labute approximate surface area is 162 Å². The van der Waals surface area contributed by atoms with Gasteiger partial charge in [0.1, 0.15) is 25.1 Å². The van der Waals surface area contributed by atoms with Gasteiger partial charge in [0.25, 0.3) is 5.91 Å². The number of alkyl halides is 1. The summed E-state index contributed by atoms with van der Waals surface area (Å²) in [6, 6.07) is 4.94. The van der Waals surface area contributed by atoms with Crippen LogP contribution in [0.4, 0.5) is 4.39 Å². The van der Waals surface area contributed by atoms with Gasteiger partial charge in [0.2, 0.25) is 5.89 Å². The first-order valence-electron chi connectivity index (χ1n) is 9.52. The first kappa shape index (κ1) is 18.9. The Morgan fingerprint density at radius 3 is 2.79 bits per heavy atom. The van der Waals surface area contributed by atoms with Crippen molar-refractivity contribution in [1.29, 1.82) is 0 Å². The van der Waals surface area contributed by atoms with Gasteiger partial charge < -0.3 is 19.3 Å². The van der Waals surface area contributed by atoms with E-state index in [-0.39, 0.29) is 17.9 Å². The summed E-state index contributed by atoms with van der Waals surface area (Å²) in [6.45, 7) is 4.12. The summed E-state index contributed by atoms with van der Waals surface area (Å²) in [5.41, 5.74) is 1.18. The molecule has 1 unspecified atom stereocenters. The van der Waals surface area contributed by atoms with Crippen LogP contribution < -0.4 is 10.1 Å². The summed E-state index contributed by atoms with van der Waals surface area (Å²) in [6.07, 6.45) is 2.18. The van der Waals surface area contributed by atoms with Gasteiger partial charge in [0.15, 0.2) is 5.82 Å². The predicted octanol–water partition coefficient (Wildman–Crippen LogP) is 3.11. The standard InChI is InChI=1S/C20H24FN3O4/c1-12-22-18(24-28-12)17(20(2)10-26-11-20)23-19(25)14-5-6-15(13-3-4-13)16(9-14)27-8-7-21/h5-6,9,13,17H,3-4,7-8,10-11H2,1-2H3,(H,23,25). The minimum absolute atomic E-state index is 0.0229. The van der Waals surface area contributed by atoms with Crippen molar-refractivity contribution < 1.29 is 23.2 Å². The monoisotopic (exact) mass is 389 g/mol. The molecule has 0 spiro atoms. The maximum atomic E-state index is 13.0. The van der Waals surface area contributed by atoms with Crippen LogP contribution in [-0.2, 0) is 4.74 Å². The molecule has 2 fully saturated rings. The molecular weight excluding hydrogens is 365 g/mol. The topological polar surface area (TPSA) is 86.5 Å². The van der Waals surface area contributed by atoms with Gasteiger partial charge >= 0.3 is 0 Å². The highest BCUT2D eigenvalue weighted by atomic mass is 19.1. The zero-order valence-corrected chi connectivity index (χ0v) is 16.0. The summed E-state index contributed by atoms with van der Waals surface area (Å²) < 4.78 is 28.6. The highest BCUT2D eigenvalue weighted by molar-refractivity contribution is 5.95. The summed E-state index contributed by atoms with van der Waals surface area (Å²) in [5.74, 6) is 1.62. The molecule has 2 heterocycles. The van der Waals surface area contributed by atoms with Crippen molar-refractivity contribution in [2.45, 2.75) is 38.6 Å². The van der Waals surface area contributed by atoms with Gasteiger partial charge in [-0.3, -0.25) is 4.79 Å². The van der Waals surface area contributed by atoms with Gasteiger partial charge in [-0.25, -0.2) is 4.39 Å². The van der Waals surface area contributed by atoms with E-state index >= 15 is 0 Å². The van der Waals surface area contributed by atoms with E-state index in [1.54, 1.807) is 19.1 Å². The zero-order chi connectivity index (χ0) is 19.7. The van der Waals surface area contributed by atoms with Crippen LogP contribution in [0.5, 0.6) is 5.75 Å². The molecule has 1 saturated carbocycles. The summed E-state index contributed by atoms with van der Waals surface area (Å²) in [4.78, 5) is 17.3. The van der Waals surface area contributed by atoms with Crippen LogP contribution >= 0.6 is 0 Å². The SMILES string of the molecule is Cc1nc(C(NC(=O)c2ccc(C3CC3)c(OCCF)c2)C2(C)COC2)no1. The average molecular weight is 389 g/mol. The number of hydrogen-bond donors (Lipinski definition) is 1. The number of carbonyl (C=O) groups excluding carboxylic acids is 1. The van der Waals surface area contributed by atoms with Gasteiger partial charge in [-0.05, 0) is 36.5 Å². The largest absolute Gasteiger partial charge is 0.491 e. The van der Waals surface area contributed by atoms with E-state index in [0.29, 0.717) is 42.2 Å². The quantitative estimate of drug-likeness (QED) is 0.747. The molecule has 1 aromatic heterocycles. The maximum Gasteiger partial charge on any atom is 0.252 e. The van der Waals surface area contributed by atoms with Crippen LogP contribution in [-0.4, -0.2) is 42.5 Å². The van der Waals surface area contributed by atoms with Crippen LogP contribution in [0, 0.1) is 12.3 Å². The molecule has 1 aliphatic heterocycles. The molecule has 1 atom stereocenters. The van der Waals surface area contributed by atoms with Crippen LogP contribution in [0.1, 0.15) is 59.4 Å². The summed E-state index contributed by atoms with van der Waals surface area (Å²) in [7, 11) is 0. The van der Waals surface area contributed by atoms with E-state index in [4.69, 9.17) is 14.0 Å². The third kappa shape index (κ3) is 3.73. The van der Waals surface area contributed by atoms with Gasteiger partial charge in [-0.15, -0.1) is 0 Å². The predicted molar refractivity (Wildman–Crippen MR) is 98.1 cm³/mol. The van der Waals surface area contributed by atoms with Gasteiger partial charge in [-0.1, -0.05) is 18.1 Å². The summed E-state index contributed by atoms with van der Waals surface area (Å²) in [5, 5.41) is 7.01. The lowest BCUT2D eigenvalue weighted by Crippen LogP contribution is -2.51. The van der Waals surface area contributed by atoms with Gasteiger partial charge in [0, 0.05) is 17.9 Å². The number of hydrogen-bond acceptors (Lipinski definition) is 6. The number of carbonyl (C=O) groups is 1. The molecule has 7 nitrogen and oxygen atoms in total. The number of rotatable bonds is 8. The minimum atomic E-state index is -0.571. The first-order chi connectivity index (χ1) is 13.5. The van der Waals surface area contributed by atoms with Crippen molar-refractivity contribution in [3.05, 3.63) is 41.0 Å². The van der Waals surface area contributed by atoms with E-state index < -0.39 is 12.7 Å². The number of amides is 1. The van der Waals surface area contributed by atoms with Crippen molar-refractivity contribution in [3.8, 4) is 5.75 Å². The fourth-order valence-electron chi connectivity index (χ4n) is 3.47. The fraction of sp³-hybridized carbons (Fsp3) is 0.550. The number of halogens is 1. The van der Waals surface area contributed by atoms with Crippen molar-refractivity contribution in [2.75, 3.05) is 26.5 Å². The van der Waals surface area contributed by atoms with Crippen molar-refractivity contribution in [2.24, 2.45) is 5.41 Å². The Bertz CT molecular complexity index is 861. The van der Waals surface area contributed by atoms with E-state index in [1.807, 2.05) is 13.0 Å². The van der Waals surface area contributed by atoms with E-state index in [9.17, 15) is 9.18 Å². The molecule has 1 saturated heterocycles. The molecule has 1 aliphatic carbocycles. The van der Waals surface area contributed by atoms with Crippen LogP contribution in [0.3, 0.4) is 0 Å². The molecule has 1 aromatic carbocycles. The van der Waals surface area contributed by atoms with Crippen molar-refractivity contribution >= 4 is 5.91 Å². The third-order valence-corrected chi connectivity index (χ3v) is 5.27. The second kappa shape index (κ2) is 7.50. The normalized spacial score (nSPS) is 19.0. The second-order valence-electron chi connectivity index (χ2n) is 7.79. The molecule has 1 N–H and O–H groups in total. The minimum Gasteiger partial charge on any atom is -0.491 e. The van der Waals surface area contributed by atoms with Crippen LogP contribution in [0.2, 0.25) is 0 Å². The maximum absolute atomic E-state index is 13.0. The molecule has 4 rings (SSSR count). The number of ether oxygens (including phenoxy) is 2. The van der Waals surface area contributed by atoms with E-state index in [2.05, 4.69) is 15.5 Å². The molecule has 0 radical (unpaired) electrons. The highest BCUT2D eigenvalue weighted by Crippen LogP contribution is 2.45. The Morgan fingerprint density at radius 1 is 1.43 bits per heavy atom. The second-order valence-corrected chi connectivity index (χ2v) is 7.79. The van der Waals surface area contributed by atoms with Crippen molar-refractivity contribution in [1.82, 2.24) is 15.5 Å². The molecule has 28 heavy (non-hydrogen) atoms. The van der Waals surface area contributed by atoms with E-state index in [1.165, 1.54) is 0 Å². The van der Waals surface area contributed by atoms with Gasteiger partial charge in [-0.2, -0.15) is 4.98 Å². The molecule has 150 valence electrons. The van der Waals surface area contributed by atoms with Crippen LogP contribution in [0.15, 0.2) is 22.7 Å². The Balaban J connectivity index is 1.57. The lowest BCUT2D eigenvalue weighted by Gasteiger charge is -2.43. The number of aryl methyl sites for hydroxylation is 1. The molecule has 8 heteroatoms. The third-order valence-electron chi connectivity index (χ3n) is 5.27. The molecule has 2 aliphatic rings. The Hall–Kier alpha value is -2.48. The molecule has 2 aromatic rings. The van der Waals surface area contributed by atoms with Crippen molar-refractivity contribution in [3.63, 3.8) is 0 Å². The number of nitrogens with zero attached hydrogens (tertiary/aromatic N) is 2.